The number of amides is 1. The van der Waals surface area contributed by atoms with E-state index in [4.69, 9.17) is 19.7 Å². The van der Waals surface area contributed by atoms with Gasteiger partial charge in [-0.25, -0.2) is 0 Å². The van der Waals surface area contributed by atoms with Crippen LogP contribution in [0.5, 0.6) is 0 Å². The molecule has 0 aliphatic rings. The third kappa shape index (κ3) is 5.41. The summed E-state index contributed by atoms with van der Waals surface area (Å²) >= 11 is 0. The summed E-state index contributed by atoms with van der Waals surface area (Å²) in [4.78, 5) is 11.4. The summed E-state index contributed by atoms with van der Waals surface area (Å²) in [5.41, 5.74) is -0.957. The van der Waals surface area contributed by atoms with Crippen LogP contribution >= 0.6 is 0 Å². The maximum absolute atomic E-state index is 11.4. The molecule has 0 unspecified atom stereocenters. The third-order valence-electron chi connectivity index (χ3n) is 2.35. The number of carbonyl (C=O) groups excluding carboxylic acids is 1. The Hall–Kier alpha value is -0.690. The van der Waals surface area contributed by atoms with Crippen molar-refractivity contribution in [3.8, 4) is 0 Å². The van der Waals surface area contributed by atoms with Crippen LogP contribution in [0, 0.1) is 0 Å². The Morgan fingerprint density at radius 1 is 1.31 bits per heavy atom. The fourth-order valence-electron chi connectivity index (χ4n) is 1.08. The maximum atomic E-state index is 11.4. The maximum Gasteiger partial charge on any atom is 0.246 e. The molecule has 0 bridgehead atoms. The van der Waals surface area contributed by atoms with Crippen LogP contribution in [0.2, 0.25) is 0 Å². The van der Waals surface area contributed by atoms with Gasteiger partial charge < -0.3 is 25.0 Å². The van der Waals surface area contributed by atoms with Crippen molar-refractivity contribution in [1.82, 2.24) is 5.32 Å². The number of methoxy groups -OCH3 is 1. The van der Waals surface area contributed by atoms with Gasteiger partial charge in [0.15, 0.2) is 0 Å². The molecule has 3 N–H and O–H groups in total. The van der Waals surface area contributed by atoms with Crippen molar-refractivity contribution in [3.05, 3.63) is 0 Å². The molecule has 0 rings (SSSR count). The second kappa shape index (κ2) is 8.46. The number of nitrogens with one attached hydrogen (secondary N) is 1. The molecule has 0 aliphatic heterocycles. The van der Waals surface area contributed by atoms with Crippen LogP contribution in [0.4, 0.5) is 0 Å². The molecule has 0 aliphatic carbocycles. The first-order chi connectivity index (χ1) is 7.64. The van der Waals surface area contributed by atoms with E-state index in [2.05, 4.69) is 5.32 Å². The van der Waals surface area contributed by atoms with Crippen molar-refractivity contribution in [2.24, 2.45) is 0 Å². The Bertz CT molecular complexity index is 185. The van der Waals surface area contributed by atoms with Crippen molar-refractivity contribution < 1.29 is 24.5 Å². The van der Waals surface area contributed by atoms with Gasteiger partial charge in [-0.05, 0) is 6.42 Å². The van der Waals surface area contributed by atoms with E-state index in [1.165, 1.54) is 0 Å². The molecule has 0 fully saturated rings. The standard InChI is InChI=1S/C10H21NO5/c1-3-10(7-12,8-13)11-9(14)6-16-5-4-15-2/h12-13H,3-8H2,1-2H3,(H,11,14). The topological polar surface area (TPSA) is 88.0 Å². The number of rotatable bonds is 9. The largest absolute Gasteiger partial charge is 0.394 e. The lowest BCUT2D eigenvalue weighted by atomic mass is 9.98. The van der Waals surface area contributed by atoms with Gasteiger partial charge in [-0.3, -0.25) is 4.79 Å². The Kier molecular flexibility index (Phi) is 8.10. The fourth-order valence-corrected chi connectivity index (χ4v) is 1.08. The van der Waals surface area contributed by atoms with Crippen molar-refractivity contribution in [2.45, 2.75) is 18.9 Å². The molecule has 0 radical (unpaired) electrons. The average Bonchev–Trinajstić information content (AvgIpc) is 2.32. The minimum absolute atomic E-state index is 0.106. The quantitative estimate of drug-likeness (QED) is 0.441. The second-order valence-electron chi connectivity index (χ2n) is 3.54. The van der Waals surface area contributed by atoms with E-state index in [1.807, 2.05) is 0 Å². The van der Waals surface area contributed by atoms with Crippen LogP contribution in [-0.4, -0.2) is 61.8 Å². The van der Waals surface area contributed by atoms with Crippen LogP contribution in [0.1, 0.15) is 13.3 Å². The summed E-state index contributed by atoms with van der Waals surface area (Å²) < 4.78 is 9.77. The lowest BCUT2D eigenvalue weighted by molar-refractivity contribution is -0.129. The highest BCUT2D eigenvalue weighted by atomic mass is 16.5. The van der Waals surface area contributed by atoms with Gasteiger partial charge in [-0.15, -0.1) is 0 Å². The molecule has 96 valence electrons. The van der Waals surface area contributed by atoms with Crippen molar-refractivity contribution >= 4 is 5.91 Å². The highest BCUT2D eigenvalue weighted by molar-refractivity contribution is 5.78. The molecule has 0 aromatic rings. The number of carbonyl (C=O) groups is 1. The third-order valence-corrected chi connectivity index (χ3v) is 2.35. The first-order valence-corrected chi connectivity index (χ1v) is 5.23. The van der Waals surface area contributed by atoms with Gasteiger partial charge in [0.25, 0.3) is 0 Å². The van der Waals surface area contributed by atoms with E-state index in [0.717, 1.165) is 0 Å². The van der Waals surface area contributed by atoms with Gasteiger partial charge in [0.2, 0.25) is 5.91 Å². The van der Waals surface area contributed by atoms with Crippen LogP contribution in [0.25, 0.3) is 0 Å². The molecule has 0 spiro atoms. The van der Waals surface area contributed by atoms with E-state index in [-0.39, 0.29) is 25.7 Å². The number of hydrogen-bond acceptors (Lipinski definition) is 5. The van der Waals surface area contributed by atoms with Crippen LogP contribution in [0.15, 0.2) is 0 Å². The molecule has 0 heterocycles. The van der Waals surface area contributed by atoms with Gasteiger partial charge in [-0.1, -0.05) is 6.92 Å². The Morgan fingerprint density at radius 3 is 2.38 bits per heavy atom. The molecule has 0 saturated heterocycles. The SMILES string of the molecule is CCC(CO)(CO)NC(=O)COCCOC. The van der Waals surface area contributed by atoms with E-state index >= 15 is 0 Å². The van der Waals surface area contributed by atoms with Crippen molar-refractivity contribution in [1.29, 1.82) is 0 Å². The fraction of sp³-hybridized carbons (Fsp3) is 0.900. The molecular weight excluding hydrogens is 214 g/mol. The molecule has 0 aromatic carbocycles. The van der Waals surface area contributed by atoms with Gasteiger partial charge >= 0.3 is 0 Å². The number of hydrogen-bond donors (Lipinski definition) is 3. The first kappa shape index (κ1) is 15.3. The summed E-state index contributed by atoms with van der Waals surface area (Å²) in [6, 6.07) is 0. The zero-order valence-corrected chi connectivity index (χ0v) is 9.86. The lowest BCUT2D eigenvalue weighted by Gasteiger charge is -2.29. The zero-order valence-electron chi connectivity index (χ0n) is 9.86. The van der Waals surface area contributed by atoms with Crippen LogP contribution in [0.3, 0.4) is 0 Å². The lowest BCUT2D eigenvalue weighted by Crippen LogP contribution is -2.54. The van der Waals surface area contributed by atoms with E-state index in [9.17, 15) is 4.79 Å². The molecule has 0 atom stereocenters. The molecule has 0 aromatic heterocycles. The van der Waals surface area contributed by atoms with Gasteiger partial charge in [0.05, 0.1) is 32.0 Å². The van der Waals surface area contributed by atoms with Crippen molar-refractivity contribution in [3.63, 3.8) is 0 Å². The summed E-state index contributed by atoms with van der Waals surface area (Å²) in [5, 5.41) is 20.8. The highest BCUT2D eigenvalue weighted by Gasteiger charge is 2.28. The number of ether oxygens (including phenoxy) is 2. The second-order valence-corrected chi connectivity index (χ2v) is 3.54. The Morgan fingerprint density at radius 2 is 1.94 bits per heavy atom. The van der Waals surface area contributed by atoms with Gasteiger partial charge in [0.1, 0.15) is 6.61 Å². The Balaban J connectivity index is 3.91. The predicted octanol–water partition coefficient (Wildman–Crippen LogP) is -1.10. The van der Waals surface area contributed by atoms with Gasteiger partial charge in [0, 0.05) is 7.11 Å². The minimum Gasteiger partial charge on any atom is -0.394 e. The zero-order chi connectivity index (χ0) is 12.4. The van der Waals surface area contributed by atoms with Crippen LogP contribution in [-0.2, 0) is 14.3 Å². The van der Waals surface area contributed by atoms with Crippen molar-refractivity contribution in [2.75, 3.05) is 40.1 Å². The summed E-state index contributed by atoms with van der Waals surface area (Å²) in [5.74, 6) is -0.360. The summed E-state index contributed by atoms with van der Waals surface area (Å²) in [6.45, 7) is 1.82. The summed E-state index contributed by atoms with van der Waals surface area (Å²) in [7, 11) is 1.54. The summed E-state index contributed by atoms with van der Waals surface area (Å²) in [6.07, 6.45) is 0.448. The molecule has 6 nitrogen and oxygen atoms in total. The van der Waals surface area contributed by atoms with E-state index in [0.29, 0.717) is 19.6 Å². The Labute approximate surface area is 95.6 Å². The first-order valence-electron chi connectivity index (χ1n) is 5.23. The van der Waals surface area contributed by atoms with Gasteiger partial charge in [-0.2, -0.15) is 0 Å². The number of aliphatic hydroxyl groups excluding tert-OH is 2. The van der Waals surface area contributed by atoms with Crippen LogP contribution < -0.4 is 5.32 Å². The monoisotopic (exact) mass is 235 g/mol. The smallest absolute Gasteiger partial charge is 0.246 e. The van der Waals surface area contributed by atoms with E-state index in [1.54, 1.807) is 14.0 Å². The molecule has 16 heavy (non-hydrogen) atoms. The van der Waals surface area contributed by atoms with E-state index < -0.39 is 5.54 Å². The normalized spacial score (nSPS) is 11.5. The predicted molar refractivity (Wildman–Crippen MR) is 58.0 cm³/mol. The highest BCUT2D eigenvalue weighted by Crippen LogP contribution is 2.07. The molecular formula is C10H21NO5. The average molecular weight is 235 g/mol. The number of aliphatic hydroxyl groups is 2. The molecule has 6 heteroatoms. The molecule has 1 amide bonds. The molecule has 0 saturated carbocycles. The minimum atomic E-state index is -0.957.